The molecule has 0 saturated carbocycles. The molecule has 3 heteroatoms. The molecule has 3 nitrogen and oxygen atoms in total. The summed E-state index contributed by atoms with van der Waals surface area (Å²) in [4.78, 5) is 0. The lowest BCUT2D eigenvalue weighted by Gasteiger charge is -2.22. The Morgan fingerprint density at radius 3 is 2.04 bits per heavy atom. The molecule has 0 radical (unpaired) electrons. The third-order valence-electron chi connectivity index (χ3n) is 12.4. The Kier molecular flexibility index (Phi) is 5.74. The topological polar surface area (TPSA) is 19.1 Å². The molecule has 0 fully saturated rings. The molecule has 13 rings (SSSR count). The average molecular weight is 701 g/mol. The van der Waals surface area contributed by atoms with Crippen molar-refractivity contribution in [2.75, 3.05) is 0 Å². The van der Waals surface area contributed by atoms with Crippen LogP contribution in [-0.2, 0) is 0 Å². The molecule has 0 amide bonds. The van der Waals surface area contributed by atoms with Crippen molar-refractivity contribution in [3.63, 3.8) is 0 Å². The monoisotopic (exact) mass is 700 g/mol. The first-order chi connectivity index (χ1) is 27.3. The van der Waals surface area contributed by atoms with Gasteiger partial charge in [-0.1, -0.05) is 133 Å². The summed E-state index contributed by atoms with van der Waals surface area (Å²) >= 11 is 0. The molecule has 2 unspecified atom stereocenters. The van der Waals surface area contributed by atoms with Gasteiger partial charge in [0.25, 0.3) is 0 Å². The van der Waals surface area contributed by atoms with Crippen LogP contribution in [0.4, 0.5) is 0 Å². The Morgan fingerprint density at radius 1 is 0.455 bits per heavy atom. The molecule has 2 atom stereocenters. The quantitative estimate of drug-likeness (QED) is 0.180. The highest BCUT2D eigenvalue weighted by Crippen LogP contribution is 2.54. The molecule has 0 bridgehead atoms. The van der Waals surface area contributed by atoms with Crippen molar-refractivity contribution in [1.29, 1.82) is 0 Å². The molecular weight excluding hydrogens is 669 g/mol. The maximum atomic E-state index is 6.64. The fourth-order valence-electron chi connectivity index (χ4n) is 10.2. The number of hydrogen-bond acceptors (Lipinski definition) is 1. The number of fused-ring (bicyclic) bond motifs is 14. The molecule has 1 aliphatic heterocycles. The van der Waals surface area contributed by atoms with E-state index in [1.807, 2.05) is 0 Å². The van der Waals surface area contributed by atoms with Crippen LogP contribution in [-0.4, -0.2) is 15.2 Å². The second kappa shape index (κ2) is 10.7. The van der Waals surface area contributed by atoms with Crippen LogP contribution in [0.1, 0.15) is 22.7 Å². The van der Waals surface area contributed by atoms with Gasteiger partial charge in [-0.05, 0) is 92.9 Å². The van der Waals surface area contributed by atoms with Gasteiger partial charge in [-0.3, -0.25) is 0 Å². The molecule has 55 heavy (non-hydrogen) atoms. The van der Waals surface area contributed by atoms with Crippen LogP contribution >= 0.6 is 0 Å². The predicted molar refractivity (Wildman–Crippen MR) is 227 cm³/mol. The van der Waals surface area contributed by atoms with Gasteiger partial charge in [0.05, 0.1) is 33.8 Å². The van der Waals surface area contributed by atoms with E-state index in [0.717, 1.165) is 11.4 Å². The van der Waals surface area contributed by atoms with Crippen molar-refractivity contribution in [1.82, 2.24) is 9.13 Å². The summed E-state index contributed by atoms with van der Waals surface area (Å²) in [7, 11) is 0. The summed E-state index contributed by atoms with van der Waals surface area (Å²) in [6.45, 7) is 0. The first-order valence-electron chi connectivity index (χ1n) is 19.2. The number of ether oxygens (including phenoxy) is 1. The third kappa shape index (κ3) is 3.84. The number of aromatic nitrogens is 2. The zero-order valence-electron chi connectivity index (χ0n) is 29.8. The highest BCUT2D eigenvalue weighted by atomic mass is 16.5. The molecule has 0 N–H and O–H groups in total. The predicted octanol–water partition coefficient (Wildman–Crippen LogP) is 13.1. The van der Waals surface area contributed by atoms with E-state index in [-0.39, 0.29) is 12.0 Å². The molecular formula is C52H32N2O. The van der Waals surface area contributed by atoms with E-state index in [2.05, 4.69) is 191 Å². The van der Waals surface area contributed by atoms with E-state index in [1.165, 1.54) is 99.4 Å². The minimum atomic E-state index is -0.0496. The highest BCUT2D eigenvalue weighted by Gasteiger charge is 2.41. The standard InChI is InChI=1S/C52H32N2O/c1-2-11-31(12-3-1)32-21-23-33(24-22-32)53-42-19-8-6-15-39(42)50-45(53)28-26-41-49-44(29-30-47-51(49)40-16-7-9-20-46(40)55-47)54(52(41)50)43-27-25-37-35-14-5-4-13-34(35)36-17-10-18-38(43)48(36)37/h1-30,47,51H. The van der Waals surface area contributed by atoms with Gasteiger partial charge < -0.3 is 13.9 Å². The van der Waals surface area contributed by atoms with Crippen LogP contribution in [0.25, 0.3) is 94.3 Å². The maximum Gasteiger partial charge on any atom is 0.128 e. The van der Waals surface area contributed by atoms with E-state index in [9.17, 15) is 0 Å². The summed E-state index contributed by atoms with van der Waals surface area (Å²) in [6, 6.07) is 62.3. The fourth-order valence-corrected chi connectivity index (χ4v) is 10.2. The van der Waals surface area contributed by atoms with Crippen molar-refractivity contribution >= 4 is 49.6 Å². The summed E-state index contributed by atoms with van der Waals surface area (Å²) in [5, 5.41) is 6.38. The normalized spacial score (nSPS) is 16.1. The Bertz CT molecular complexity index is 3260. The van der Waals surface area contributed by atoms with Gasteiger partial charge in [0.15, 0.2) is 0 Å². The number of para-hydroxylation sites is 2. The van der Waals surface area contributed by atoms with Gasteiger partial charge in [-0.2, -0.15) is 0 Å². The van der Waals surface area contributed by atoms with E-state index in [1.54, 1.807) is 0 Å². The van der Waals surface area contributed by atoms with Gasteiger partial charge in [-0.15, -0.1) is 0 Å². The minimum absolute atomic E-state index is 0.0496. The largest absolute Gasteiger partial charge is 0.485 e. The Labute approximate surface area is 317 Å². The molecule has 2 aromatic heterocycles. The van der Waals surface area contributed by atoms with Crippen molar-refractivity contribution < 1.29 is 4.74 Å². The number of nitrogens with zero attached hydrogens (tertiary/aromatic N) is 2. The summed E-state index contributed by atoms with van der Waals surface area (Å²) < 4.78 is 11.7. The second-order valence-corrected chi connectivity index (χ2v) is 15.1. The molecule has 0 saturated heterocycles. The van der Waals surface area contributed by atoms with Crippen molar-refractivity contribution in [3.8, 4) is 50.5 Å². The number of benzene rings is 8. The minimum Gasteiger partial charge on any atom is -0.485 e. The smallest absolute Gasteiger partial charge is 0.128 e. The van der Waals surface area contributed by atoms with Crippen LogP contribution in [0.15, 0.2) is 176 Å². The van der Waals surface area contributed by atoms with Gasteiger partial charge >= 0.3 is 0 Å². The van der Waals surface area contributed by atoms with Crippen LogP contribution in [0.2, 0.25) is 0 Å². The van der Waals surface area contributed by atoms with Gasteiger partial charge in [0.2, 0.25) is 0 Å². The second-order valence-electron chi connectivity index (χ2n) is 15.1. The number of hydrogen-bond donors (Lipinski definition) is 0. The first-order valence-corrected chi connectivity index (χ1v) is 19.2. The molecule has 256 valence electrons. The molecule has 10 aromatic rings. The number of rotatable bonds is 3. The molecule has 2 aliphatic carbocycles. The molecule has 0 spiro atoms. The average Bonchev–Trinajstić information content (AvgIpc) is 3.99. The molecule has 3 heterocycles. The third-order valence-corrected chi connectivity index (χ3v) is 12.4. The molecule has 8 aromatic carbocycles. The Morgan fingerprint density at radius 2 is 1.16 bits per heavy atom. The van der Waals surface area contributed by atoms with Crippen LogP contribution in [0.5, 0.6) is 5.75 Å². The van der Waals surface area contributed by atoms with Crippen molar-refractivity contribution in [2.45, 2.75) is 12.0 Å². The Hall–Kier alpha value is -7.10. The fraction of sp³-hybridized carbons (Fsp3) is 0.0385. The SMILES string of the molecule is C1=CC2Oc3ccccc3C2c2c1n(-c1ccc3c4c(cccc14)-c1ccccc1-3)c1c2ccc2c1c1ccccc1n2-c1ccc(-c2ccccc2)cc1. The summed E-state index contributed by atoms with van der Waals surface area (Å²) in [6.07, 6.45) is 4.56. The highest BCUT2D eigenvalue weighted by molar-refractivity contribution is 6.23. The van der Waals surface area contributed by atoms with Crippen molar-refractivity contribution in [3.05, 3.63) is 193 Å². The van der Waals surface area contributed by atoms with Gasteiger partial charge in [0.1, 0.15) is 11.9 Å². The zero-order chi connectivity index (χ0) is 35.8. The lowest BCUT2D eigenvalue weighted by Crippen LogP contribution is -2.20. The van der Waals surface area contributed by atoms with Crippen LogP contribution in [0, 0.1) is 0 Å². The maximum absolute atomic E-state index is 6.64. The van der Waals surface area contributed by atoms with Crippen LogP contribution < -0.4 is 4.74 Å². The zero-order valence-corrected chi connectivity index (χ0v) is 29.8. The lowest BCUT2D eigenvalue weighted by atomic mass is 9.83. The Balaban J connectivity index is 1.15. The van der Waals surface area contributed by atoms with Gasteiger partial charge in [0, 0.05) is 32.8 Å². The first kappa shape index (κ1) is 29.4. The van der Waals surface area contributed by atoms with E-state index in [0.29, 0.717) is 0 Å². The van der Waals surface area contributed by atoms with E-state index in [4.69, 9.17) is 4.74 Å². The van der Waals surface area contributed by atoms with Gasteiger partial charge in [-0.25, -0.2) is 0 Å². The van der Waals surface area contributed by atoms with E-state index < -0.39 is 0 Å². The van der Waals surface area contributed by atoms with Crippen LogP contribution in [0.3, 0.4) is 0 Å². The molecule has 3 aliphatic rings. The van der Waals surface area contributed by atoms with E-state index >= 15 is 0 Å². The van der Waals surface area contributed by atoms with Crippen molar-refractivity contribution in [2.24, 2.45) is 0 Å². The summed E-state index contributed by atoms with van der Waals surface area (Å²) in [5.74, 6) is 1.08. The lowest BCUT2D eigenvalue weighted by molar-refractivity contribution is 0.267. The summed E-state index contributed by atoms with van der Waals surface area (Å²) in [5.41, 5.74) is 17.5.